The fourth-order valence-corrected chi connectivity index (χ4v) is 3.47. The van der Waals surface area contributed by atoms with Gasteiger partial charge in [-0.3, -0.25) is 4.79 Å². The number of aryl methyl sites for hydroxylation is 1. The third-order valence-corrected chi connectivity index (χ3v) is 5.65. The largest absolute Gasteiger partial charge is 0.348 e. The van der Waals surface area contributed by atoms with Crippen molar-refractivity contribution in [3.8, 4) is 11.4 Å². The van der Waals surface area contributed by atoms with Crippen molar-refractivity contribution in [2.24, 2.45) is 0 Å². The number of nitrogens with zero attached hydrogens (tertiary/aromatic N) is 2. The van der Waals surface area contributed by atoms with Crippen molar-refractivity contribution in [2.45, 2.75) is 18.4 Å². The van der Waals surface area contributed by atoms with E-state index in [1.165, 1.54) is 37.5 Å². The van der Waals surface area contributed by atoms with E-state index in [0.717, 1.165) is 0 Å². The monoisotopic (exact) mass is 414 g/mol. The second-order valence-electron chi connectivity index (χ2n) is 6.24. The molecular weight excluding hydrogens is 395 g/mol. The van der Waals surface area contributed by atoms with Crippen LogP contribution in [0.5, 0.6) is 0 Å². The highest BCUT2D eigenvalue weighted by atomic mass is 32.2. The predicted octanol–water partition coefficient (Wildman–Crippen LogP) is 2.43. The molecule has 0 bridgehead atoms. The number of amides is 1. The summed E-state index contributed by atoms with van der Waals surface area (Å²) in [6, 6.07) is 12.2. The molecular formula is C20H19FN4O3S. The number of carbonyl (C=O) groups excluding carboxylic acids is 1. The molecule has 3 aromatic rings. The van der Waals surface area contributed by atoms with E-state index in [4.69, 9.17) is 0 Å². The Morgan fingerprint density at radius 2 is 1.90 bits per heavy atom. The van der Waals surface area contributed by atoms with Crippen LogP contribution in [0.25, 0.3) is 11.4 Å². The standard InChI is InChI=1S/C20H19FN4O3S/c1-13-18(12-23-19(25-13)15-6-4-7-16(21)10-15)20(26)24-11-14-5-3-8-17(9-14)29(27,28)22-2/h3-10,12,22H,11H2,1-2H3,(H,24,26). The summed E-state index contributed by atoms with van der Waals surface area (Å²) in [5.41, 5.74) is 1.87. The molecule has 0 atom stereocenters. The van der Waals surface area contributed by atoms with Gasteiger partial charge in [0.05, 0.1) is 16.2 Å². The summed E-state index contributed by atoms with van der Waals surface area (Å²) in [7, 11) is -2.23. The number of carbonyl (C=O) groups is 1. The Kier molecular flexibility index (Phi) is 6.00. The first-order valence-electron chi connectivity index (χ1n) is 8.70. The maximum Gasteiger partial charge on any atom is 0.254 e. The number of halogens is 1. The van der Waals surface area contributed by atoms with Crippen molar-refractivity contribution >= 4 is 15.9 Å². The Balaban J connectivity index is 1.74. The molecule has 0 saturated carbocycles. The summed E-state index contributed by atoms with van der Waals surface area (Å²) in [5, 5.41) is 2.73. The lowest BCUT2D eigenvalue weighted by atomic mass is 10.1. The number of aromatic nitrogens is 2. The zero-order chi connectivity index (χ0) is 21.0. The minimum Gasteiger partial charge on any atom is -0.348 e. The highest BCUT2D eigenvalue weighted by Gasteiger charge is 2.14. The number of sulfonamides is 1. The van der Waals surface area contributed by atoms with Crippen LogP contribution in [0, 0.1) is 12.7 Å². The van der Waals surface area contributed by atoms with E-state index in [9.17, 15) is 17.6 Å². The second kappa shape index (κ2) is 8.46. The zero-order valence-electron chi connectivity index (χ0n) is 15.8. The van der Waals surface area contributed by atoms with E-state index in [-0.39, 0.29) is 17.0 Å². The van der Waals surface area contributed by atoms with Gasteiger partial charge in [-0.15, -0.1) is 0 Å². The van der Waals surface area contributed by atoms with E-state index in [1.54, 1.807) is 31.2 Å². The molecule has 3 rings (SSSR count). The summed E-state index contributed by atoms with van der Waals surface area (Å²) in [6.45, 7) is 1.80. The van der Waals surface area contributed by atoms with Crippen molar-refractivity contribution < 1.29 is 17.6 Å². The van der Waals surface area contributed by atoms with Gasteiger partial charge in [0.25, 0.3) is 5.91 Å². The molecule has 0 aliphatic rings. The smallest absolute Gasteiger partial charge is 0.254 e. The van der Waals surface area contributed by atoms with Crippen LogP contribution in [0.2, 0.25) is 0 Å². The summed E-state index contributed by atoms with van der Waals surface area (Å²) < 4.78 is 39.4. The van der Waals surface area contributed by atoms with Crippen LogP contribution in [0.3, 0.4) is 0 Å². The fraction of sp³-hybridized carbons (Fsp3) is 0.150. The third-order valence-electron chi connectivity index (χ3n) is 4.24. The Morgan fingerprint density at radius 3 is 2.59 bits per heavy atom. The lowest BCUT2D eigenvalue weighted by Crippen LogP contribution is -2.24. The van der Waals surface area contributed by atoms with Crippen LogP contribution in [0.4, 0.5) is 4.39 Å². The van der Waals surface area contributed by atoms with Crippen LogP contribution in [0.15, 0.2) is 59.6 Å². The van der Waals surface area contributed by atoms with Gasteiger partial charge in [-0.2, -0.15) is 0 Å². The summed E-state index contributed by atoms with van der Waals surface area (Å²) in [6.07, 6.45) is 1.39. The lowest BCUT2D eigenvalue weighted by molar-refractivity contribution is 0.0949. The van der Waals surface area contributed by atoms with Gasteiger partial charge in [-0.1, -0.05) is 24.3 Å². The number of benzene rings is 2. The average molecular weight is 414 g/mol. The third kappa shape index (κ3) is 4.82. The molecule has 1 amide bonds. The topological polar surface area (TPSA) is 101 Å². The van der Waals surface area contributed by atoms with Crippen LogP contribution in [0.1, 0.15) is 21.6 Å². The summed E-state index contributed by atoms with van der Waals surface area (Å²) in [4.78, 5) is 21.1. The Morgan fingerprint density at radius 1 is 1.14 bits per heavy atom. The quantitative estimate of drug-likeness (QED) is 0.645. The molecule has 2 aromatic carbocycles. The Labute approximate surface area is 168 Å². The molecule has 1 heterocycles. The Bertz CT molecular complexity index is 1170. The van der Waals surface area contributed by atoms with Crippen molar-refractivity contribution in [3.63, 3.8) is 0 Å². The average Bonchev–Trinajstić information content (AvgIpc) is 2.72. The highest BCUT2D eigenvalue weighted by Crippen LogP contribution is 2.17. The molecule has 0 radical (unpaired) electrons. The van der Waals surface area contributed by atoms with Crippen LogP contribution >= 0.6 is 0 Å². The van der Waals surface area contributed by atoms with Crippen LogP contribution in [-0.4, -0.2) is 31.3 Å². The van der Waals surface area contributed by atoms with E-state index in [1.807, 2.05) is 0 Å². The molecule has 0 fully saturated rings. The SMILES string of the molecule is CNS(=O)(=O)c1cccc(CNC(=O)c2cnc(-c3cccc(F)c3)nc2C)c1. The van der Waals surface area contributed by atoms with Gasteiger partial charge in [0.1, 0.15) is 5.82 Å². The maximum absolute atomic E-state index is 13.4. The minimum absolute atomic E-state index is 0.116. The molecule has 9 heteroatoms. The van der Waals surface area contributed by atoms with Gasteiger partial charge >= 0.3 is 0 Å². The number of hydrogen-bond donors (Lipinski definition) is 2. The molecule has 0 aliphatic heterocycles. The number of hydrogen-bond acceptors (Lipinski definition) is 5. The number of rotatable bonds is 6. The van der Waals surface area contributed by atoms with Crippen molar-refractivity contribution in [2.75, 3.05) is 7.05 Å². The van der Waals surface area contributed by atoms with Crippen LogP contribution < -0.4 is 10.0 Å². The second-order valence-corrected chi connectivity index (χ2v) is 8.13. The molecule has 2 N–H and O–H groups in total. The van der Waals surface area contributed by atoms with E-state index >= 15 is 0 Å². The van der Waals surface area contributed by atoms with Crippen molar-refractivity contribution in [3.05, 3.63) is 77.4 Å². The van der Waals surface area contributed by atoms with Gasteiger partial charge in [0, 0.05) is 18.3 Å². The first-order valence-corrected chi connectivity index (χ1v) is 10.2. The molecule has 0 unspecified atom stereocenters. The van der Waals surface area contributed by atoms with E-state index in [2.05, 4.69) is 20.0 Å². The maximum atomic E-state index is 13.4. The normalized spacial score (nSPS) is 11.3. The zero-order valence-corrected chi connectivity index (χ0v) is 16.6. The molecule has 29 heavy (non-hydrogen) atoms. The van der Waals surface area contributed by atoms with Crippen molar-refractivity contribution in [1.82, 2.24) is 20.0 Å². The molecule has 0 saturated heterocycles. The first kappa shape index (κ1) is 20.6. The van der Waals surface area contributed by atoms with Gasteiger partial charge < -0.3 is 5.32 Å². The lowest BCUT2D eigenvalue weighted by Gasteiger charge is -2.10. The van der Waals surface area contributed by atoms with Gasteiger partial charge in [-0.25, -0.2) is 27.5 Å². The molecule has 0 aliphatic carbocycles. The minimum atomic E-state index is -3.56. The van der Waals surface area contributed by atoms with E-state index < -0.39 is 21.7 Å². The predicted molar refractivity (Wildman–Crippen MR) is 106 cm³/mol. The number of nitrogens with one attached hydrogen (secondary N) is 2. The van der Waals surface area contributed by atoms with Gasteiger partial charge in [0.15, 0.2) is 5.82 Å². The molecule has 150 valence electrons. The molecule has 1 aromatic heterocycles. The molecule has 0 spiro atoms. The van der Waals surface area contributed by atoms with Crippen molar-refractivity contribution in [1.29, 1.82) is 0 Å². The highest BCUT2D eigenvalue weighted by molar-refractivity contribution is 7.89. The van der Waals surface area contributed by atoms with Crippen LogP contribution in [-0.2, 0) is 16.6 Å². The van der Waals surface area contributed by atoms with E-state index in [0.29, 0.717) is 22.6 Å². The Hall–Kier alpha value is -3.17. The van der Waals surface area contributed by atoms with Gasteiger partial charge in [-0.05, 0) is 43.8 Å². The fourth-order valence-electron chi connectivity index (χ4n) is 2.67. The summed E-state index contributed by atoms with van der Waals surface area (Å²) >= 11 is 0. The summed E-state index contributed by atoms with van der Waals surface area (Å²) in [5.74, 6) is -0.466. The molecule has 7 nitrogen and oxygen atoms in total. The first-order chi connectivity index (χ1) is 13.8. The van der Waals surface area contributed by atoms with Gasteiger partial charge in [0.2, 0.25) is 10.0 Å².